The van der Waals surface area contributed by atoms with E-state index < -0.39 is 30.8 Å². The van der Waals surface area contributed by atoms with Gasteiger partial charge in [-0.2, -0.15) is 23.3 Å². The summed E-state index contributed by atoms with van der Waals surface area (Å²) in [4.78, 5) is 18.6. The number of anilines is 1. The van der Waals surface area contributed by atoms with Crippen LogP contribution in [-0.2, 0) is 20.1 Å². The van der Waals surface area contributed by atoms with Crippen molar-refractivity contribution in [1.82, 2.24) is 34.7 Å². The van der Waals surface area contributed by atoms with E-state index in [4.69, 9.17) is 4.52 Å². The summed E-state index contributed by atoms with van der Waals surface area (Å²) in [5, 5.41) is 14.2. The van der Waals surface area contributed by atoms with Gasteiger partial charge in [-0.15, -0.1) is 0 Å². The van der Waals surface area contributed by atoms with Crippen molar-refractivity contribution in [1.29, 1.82) is 0 Å². The SMILES string of the molecule is Cn1cc(C(=O)NCc2nc(-c3cc4c(N[C@@H]5CCN(C(C)(C)C)C[C@H]5F)cccc4n3CC(F)(F)F)no2)cn1. The quantitative estimate of drug-likeness (QED) is 0.311. The number of hydrogen-bond acceptors (Lipinski definition) is 7. The maximum absolute atomic E-state index is 15.2. The lowest BCUT2D eigenvalue weighted by atomic mass is 9.96. The predicted octanol–water partition coefficient (Wildman–Crippen LogP) is 4.54. The summed E-state index contributed by atoms with van der Waals surface area (Å²) in [6, 6.07) is 5.98. The molecule has 0 radical (unpaired) electrons. The van der Waals surface area contributed by atoms with Gasteiger partial charge in [0.2, 0.25) is 11.7 Å². The lowest BCUT2D eigenvalue weighted by Crippen LogP contribution is -2.54. The molecule has 0 aliphatic carbocycles. The van der Waals surface area contributed by atoms with Crippen molar-refractivity contribution in [3.63, 3.8) is 0 Å². The molecular weight excluding hydrogens is 544 g/mol. The monoisotopic (exact) mass is 576 g/mol. The van der Waals surface area contributed by atoms with Gasteiger partial charge in [0.25, 0.3) is 5.91 Å². The maximum Gasteiger partial charge on any atom is 0.406 e. The highest BCUT2D eigenvalue weighted by Gasteiger charge is 2.35. The summed E-state index contributed by atoms with van der Waals surface area (Å²) < 4.78 is 64.0. The van der Waals surface area contributed by atoms with Gasteiger partial charge in [-0.25, -0.2) is 4.39 Å². The van der Waals surface area contributed by atoms with Crippen LogP contribution in [0.4, 0.5) is 23.2 Å². The van der Waals surface area contributed by atoms with Crippen LogP contribution in [0.3, 0.4) is 0 Å². The summed E-state index contributed by atoms with van der Waals surface area (Å²) in [5.41, 5.74) is 1.07. The lowest BCUT2D eigenvalue weighted by molar-refractivity contribution is -0.139. The molecule has 1 fully saturated rings. The van der Waals surface area contributed by atoms with Crippen LogP contribution < -0.4 is 10.6 Å². The molecule has 0 saturated carbocycles. The molecule has 1 saturated heterocycles. The standard InChI is InChI=1S/C27H32F4N8O2/c1-26(2,3)38-9-8-20(18(28)14-38)34-19-6-5-7-21-17(19)10-22(39(21)15-27(29,30)31)24-35-23(41-36-24)12-32-25(40)16-11-33-37(4)13-16/h5-7,10-11,13,18,20,34H,8-9,12,14-15H2,1-4H3,(H,32,40)/t18-,20-/m1/s1. The van der Waals surface area contributed by atoms with Gasteiger partial charge in [-0.1, -0.05) is 11.2 Å². The number of benzene rings is 1. The number of rotatable bonds is 7. The first-order valence-corrected chi connectivity index (χ1v) is 13.2. The first kappa shape index (κ1) is 28.6. The van der Waals surface area contributed by atoms with Crippen LogP contribution in [0, 0.1) is 0 Å². The third-order valence-corrected chi connectivity index (χ3v) is 7.18. The summed E-state index contributed by atoms with van der Waals surface area (Å²) in [7, 11) is 1.67. The number of likely N-dealkylation sites (tertiary alicyclic amines) is 1. The minimum absolute atomic E-state index is 0.0188. The Hall–Kier alpha value is -3.94. The van der Waals surface area contributed by atoms with Crippen molar-refractivity contribution >= 4 is 22.5 Å². The van der Waals surface area contributed by atoms with Gasteiger partial charge in [0.05, 0.1) is 35.6 Å². The zero-order chi connectivity index (χ0) is 29.5. The third-order valence-electron chi connectivity index (χ3n) is 7.18. The van der Waals surface area contributed by atoms with Crippen LogP contribution in [0.1, 0.15) is 43.4 Å². The molecule has 4 heterocycles. The first-order chi connectivity index (χ1) is 19.3. The Bertz CT molecular complexity index is 1530. The van der Waals surface area contributed by atoms with Crippen molar-refractivity contribution in [3.05, 3.63) is 48.1 Å². The van der Waals surface area contributed by atoms with Crippen LogP contribution >= 0.6 is 0 Å². The number of halogens is 4. The van der Waals surface area contributed by atoms with E-state index in [-0.39, 0.29) is 36.0 Å². The Labute approximate surface area is 233 Å². The van der Waals surface area contributed by atoms with Crippen molar-refractivity contribution in [2.75, 3.05) is 18.4 Å². The number of piperidine rings is 1. The van der Waals surface area contributed by atoms with Crippen molar-refractivity contribution in [2.24, 2.45) is 7.05 Å². The highest BCUT2D eigenvalue weighted by Crippen LogP contribution is 2.35. The summed E-state index contributed by atoms with van der Waals surface area (Å²) >= 11 is 0. The molecule has 14 heteroatoms. The second kappa shape index (κ2) is 10.8. The number of aromatic nitrogens is 5. The number of hydrogen-bond donors (Lipinski definition) is 2. The second-order valence-corrected chi connectivity index (χ2v) is 11.2. The number of carbonyl (C=O) groups excluding carboxylic acids is 1. The normalized spacial score (nSPS) is 18.6. The molecule has 1 aromatic carbocycles. The molecule has 1 aliphatic heterocycles. The molecule has 3 aromatic heterocycles. The molecule has 4 aromatic rings. The summed E-state index contributed by atoms with van der Waals surface area (Å²) in [5.74, 6) is -0.464. The minimum atomic E-state index is -4.53. The number of fused-ring (bicyclic) bond motifs is 1. The molecule has 2 atom stereocenters. The van der Waals surface area contributed by atoms with Gasteiger partial charge >= 0.3 is 6.18 Å². The summed E-state index contributed by atoms with van der Waals surface area (Å²) in [6.45, 7) is 5.66. The van der Waals surface area contributed by atoms with Gasteiger partial charge in [-0.05, 0) is 45.4 Å². The maximum atomic E-state index is 15.2. The molecule has 5 rings (SSSR count). The third kappa shape index (κ3) is 6.37. The van der Waals surface area contributed by atoms with Crippen LogP contribution in [0.5, 0.6) is 0 Å². The minimum Gasteiger partial charge on any atom is -0.379 e. The van der Waals surface area contributed by atoms with Gasteiger partial charge < -0.3 is 19.7 Å². The van der Waals surface area contributed by atoms with Crippen LogP contribution in [0.2, 0.25) is 0 Å². The zero-order valence-electron chi connectivity index (χ0n) is 23.2. The molecule has 1 amide bonds. The molecule has 0 unspecified atom stereocenters. The molecule has 41 heavy (non-hydrogen) atoms. The lowest BCUT2D eigenvalue weighted by Gasteiger charge is -2.42. The second-order valence-electron chi connectivity index (χ2n) is 11.2. The number of alkyl halides is 4. The number of nitrogens with one attached hydrogen (secondary N) is 2. The highest BCUT2D eigenvalue weighted by molar-refractivity contribution is 5.96. The first-order valence-electron chi connectivity index (χ1n) is 13.2. The Morgan fingerprint density at radius 1 is 1.22 bits per heavy atom. The van der Waals surface area contributed by atoms with E-state index >= 15 is 4.39 Å². The molecule has 1 aliphatic rings. The molecule has 0 bridgehead atoms. The van der Waals surface area contributed by atoms with Gasteiger partial charge in [0.1, 0.15) is 12.7 Å². The fourth-order valence-electron chi connectivity index (χ4n) is 5.05. The molecule has 10 nitrogen and oxygen atoms in total. The predicted molar refractivity (Wildman–Crippen MR) is 144 cm³/mol. The Morgan fingerprint density at radius 2 is 2.00 bits per heavy atom. The molecule has 2 N–H and O–H groups in total. The number of nitrogens with zero attached hydrogens (tertiary/aromatic N) is 6. The Morgan fingerprint density at radius 3 is 2.66 bits per heavy atom. The van der Waals surface area contributed by atoms with Gasteiger partial charge in [0.15, 0.2) is 0 Å². The zero-order valence-corrected chi connectivity index (χ0v) is 23.2. The average molecular weight is 577 g/mol. The van der Waals surface area contributed by atoms with Crippen molar-refractivity contribution < 1.29 is 26.9 Å². The molecular formula is C27H32F4N8O2. The van der Waals surface area contributed by atoms with Gasteiger partial charge in [0, 0.05) is 42.9 Å². The van der Waals surface area contributed by atoms with Crippen LogP contribution in [0.15, 0.2) is 41.2 Å². The number of amides is 1. The number of carbonyl (C=O) groups is 1. The van der Waals surface area contributed by atoms with E-state index in [1.165, 1.54) is 17.1 Å². The smallest absolute Gasteiger partial charge is 0.379 e. The molecule has 0 spiro atoms. The number of aryl methyl sites for hydroxylation is 1. The highest BCUT2D eigenvalue weighted by atomic mass is 19.4. The average Bonchev–Trinajstić information content (AvgIpc) is 3.62. The summed E-state index contributed by atoms with van der Waals surface area (Å²) in [6.07, 6.45) is -2.21. The van der Waals surface area contributed by atoms with Crippen molar-refractivity contribution in [3.8, 4) is 11.5 Å². The van der Waals surface area contributed by atoms with E-state index in [2.05, 4.69) is 30.8 Å². The Balaban J connectivity index is 1.41. The van der Waals surface area contributed by atoms with E-state index in [1.54, 1.807) is 31.3 Å². The van der Waals surface area contributed by atoms with E-state index in [0.29, 0.717) is 35.1 Å². The van der Waals surface area contributed by atoms with Crippen LogP contribution in [0.25, 0.3) is 22.4 Å². The fraction of sp³-hybridized carbons (Fsp3) is 0.481. The largest absolute Gasteiger partial charge is 0.406 e. The van der Waals surface area contributed by atoms with E-state index in [0.717, 1.165) is 4.57 Å². The van der Waals surface area contributed by atoms with Crippen LogP contribution in [-0.4, -0.2) is 72.3 Å². The molecule has 220 valence electrons. The van der Waals surface area contributed by atoms with E-state index in [1.807, 2.05) is 20.8 Å². The Kier molecular flexibility index (Phi) is 7.53. The van der Waals surface area contributed by atoms with Crippen molar-refractivity contribution in [2.45, 2.75) is 64.2 Å². The topological polar surface area (TPSA) is 106 Å². The fourth-order valence-corrected chi connectivity index (χ4v) is 5.05. The van der Waals surface area contributed by atoms with Gasteiger partial charge in [-0.3, -0.25) is 14.4 Å². The van der Waals surface area contributed by atoms with E-state index in [9.17, 15) is 18.0 Å².